The number of anilines is 1. The van der Waals surface area contributed by atoms with Gasteiger partial charge >= 0.3 is 6.03 Å². The molecule has 0 radical (unpaired) electrons. The van der Waals surface area contributed by atoms with E-state index in [9.17, 15) is 14.3 Å². The minimum atomic E-state index is -0.537. The van der Waals surface area contributed by atoms with Crippen molar-refractivity contribution in [3.63, 3.8) is 0 Å². The lowest BCUT2D eigenvalue weighted by Gasteiger charge is -2.30. The zero-order valence-corrected chi connectivity index (χ0v) is 10.5. The Balaban J connectivity index is 2.04. The summed E-state index contributed by atoms with van der Waals surface area (Å²) in [5.74, 6) is -0.537. The molecule has 1 atom stereocenters. The number of nitrogens with one attached hydrogen (secondary N) is 1. The Labute approximate surface area is 109 Å². The number of amides is 2. The van der Waals surface area contributed by atoms with Crippen molar-refractivity contribution in [3.8, 4) is 0 Å². The van der Waals surface area contributed by atoms with Crippen molar-refractivity contribution in [3.05, 3.63) is 29.0 Å². The molecule has 1 heterocycles. The molecule has 18 heavy (non-hydrogen) atoms. The van der Waals surface area contributed by atoms with Crippen LogP contribution >= 0.6 is 11.6 Å². The van der Waals surface area contributed by atoms with Crippen molar-refractivity contribution in [2.24, 2.45) is 0 Å². The van der Waals surface area contributed by atoms with Crippen molar-refractivity contribution in [1.82, 2.24) is 4.90 Å². The number of carbonyl (C=O) groups is 1. The van der Waals surface area contributed by atoms with Crippen molar-refractivity contribution in [2.75, 3.05) is 18.4 Å². The topological polar surface area (TPSA) is 52.6 Å². The van der Waals surface area contributed by atoms with Crippen LogP contribution in [0.4, 0.5) is 14.9 Å². The van der Waals surface area contributed by atoms with Crippen LogP contribution in [0.3, 0.4) is 0 Å². The molecule has 1 fully saturated rings. The van der Waals surface area contributed by atoms with Crippen LogP contribution in [0.15, 0.2) is 18.2 Å². The normalized spacial score (nSPS) is 19.7. The summed E-state index contributed by atoms with van der Waals surface area (Å²) in [6.45, 7) is 0.832. The van der Waals surface area contributed by atoms with E-state index in [1.54, 1.807) is 0 Å². The Morgan fingerprint density at radius 1 is 1.56 bits per heavy atom. The monoisotopic (exact) mass is 272 g/mol. The third kappa shape index (κ3) is 3.11. The maximum atomic E-state index is 13.4. The van der Waals surface area contributed by atoms with Gasteiger partial charge in [-0.1, -0.05) is 11.6 Å². The van der Waals surface area contributed by atoms with E-state index in [0.717, 1.165) is 6.42 Å². The van der Waals surface area contributed by atoms with Gasteiger partial charge in [-0.05, 0) is 31.0 Å². The molecule has 1 aliphatic rings. The number of carbonyl (C=O) groups excluding carboxylic acids is 1. The molecule has 2 amide bonds. The highest BCUT2D eigenvalue weighted by molar-refractivity contribution is 6.30. The number of rotatable bonds is 1. The first-order valence-electron chi connectivity index (χ1n) is 5.75. The van der Waals surface area contributed by atoms with Gasteiger partial charge < -0.3 is 15.3 Å². The molecule has 0 bridgehead atoms. The van der Waals surface area contributed by atoms with Gasteiger partial charge in [-0.25, -0.2) is 9.18 Å². The number of piperidine rings is 1. The number of β-amino-alcohol motifs (C(OH)–C–C–N with tert-alkyl or cyclic N) is 1. The Kier molecular flexibility index (Phi) is 4.04. The summed E-state index contributed by atoms with van der Waals surface area (Å²) in [4.78, 5) is 13.3. The molecule has 0 aliphatic carbocycles. The zero-order valence-electron chi connectivity index (χ0n) is 9.70. The van der Waals surface area contributed by atoms with Gasteiger partial charge in [0.15, 0.2) is 0 Å². The van der Waals surface area contributed by atoms with Crippen LogP contribution < -0.4 is 5.32 Å². The summed E-state index contributed by atoms with van der Waals surface area (Å²) >= 11 is 5.74. The van der Waals surface area contributed by atoms with Gasteiger partial charge in [-0.15, -0.1) is 0 Å². The van der Waals surface area contributed by atoms with Crippen molar-refractivity contribution in [1.29, 1.82) is 0 Å². The molecule has 0 saturated carbocycles. The van der Waals surface area contributed by atoms with Gasteiger partial charge in [0.1, 0.15) is 5.82 Å². The first-order chi connectivity index (χ1) is 8.56. The van der Waals surface area contributed by atoms with Crippen LogP contribution in [0.1, 0.15) is 12.8 Å². The third-order valence-corrected chi connectivity index (χ3v) is 3.09. The van der Waals surface area contributed by atoms with E-state index < -0.39 is 18.0 Å². The van der Waals surface area contributed by atoms with Crippen LogP contribution in [-0.2, 0) is 0 Å². The standard InChI is InChI=1S/C12H14ClFN2O2/c13-8-3-4-10(14)11(6-8)15-12(18)16-5-1-2-9(17)7-16/h3-4,6,9,17H,1-2,5,7H2,(H,15,18). The molecular weight excluding hydrogens is 259 g/mol. The summed E-state index contributed by atoms with van der Waals surface area (Å²) in [5.41, 5.74) is 0.0487. The van der Waals surface area contributed by atoms with E-state index in [0.29, 0.717) is 18.0 Å². The fraction of sp³-hybridized carbons (Fsp3) is 0.417. The van der Waals surface area contributed by atoms with Crippen LogP contribution in [0, 0.1) is 5.82 Å². The Bertz CT molecular complexity index is 456. The summed E-state index contributed by atoms with van der Waals surface area (Å²) in [5, 5.41) is 12.3. The Morgan fingerprint density at radius 2 is 2.33 bits per heavy atom. The molecule has 0 aromatic heterocycles. The summed E-state index contributed by atoms with van der Waals surface area (Å²) in [7, 11) is 0. The number of benzene rings is 1. The molecule has 1 aromatic rings. The van der Waals surface area contributed by atoms with Gasteiger partial charge in [0.05, 0.1) is 11.8 Å². The maximum Gasteiger partial charge on any atom is 0.322 e. The first-order valence-corrected chi connectivity index (χ1v) is 6.13. The van der Waals surface area contributed by atoms with E-state index in [-0.39, 0.29) is 12.2 Å². The molecule has 98 valence electrons. The number of urea groups is 1. The summed E-state index contributed by atoms with van der Waals surface area (Å²) in [6.07, 6.45) is 0.927. The lowest BCUT2D eigenvalue weighted by molar-refractivity contribution is 0.0883. The average molecular weight is 273 g/mol. The largest absolute Gasteiger partial charge is 0.391 e. The van der Waals surface area contributed by atoms with Gasteiger partial charge in [0.25, 0.3) is 0 Å². The molecule has 0 spiro atoms. The number of likely N-dealkylation sites (tertiary alicyclic amines) is 1. The van der Waals surface area contributed by atoms with E-state index in [1.807, 2.05) is 0 Å². The van der Waals surface area contributed by atoms with Gasteiger partial charge in [0.2, 0.25) is 0 Å². The second-order valence-electron chi connectivity index (χ2n) is 4.30. The quantitative estimate of drug-likeness (QED) is 0.825. The second kappa shape index (κ2) is 5.54. The van der Waals surface area contributed by atoms with Crippen LogP contribution in [0.2, 0.25) is 5.02 Å². The molecular formula is C12H14ClFN2O2. The Hall–Kier alpha value is -1.33. The highest BCUT2D eigenvalue weighted by atomic mass is 35.5. The fourth-order valence-corrected chi connectivity index (χ4v) is 2.10. The molecule has 1 aromatic carbocycles. The van der Waals surface area contributed by atoms with E-state index >= 15 is 0 Å². The van der Waals surface area contributed by atoms with E-state index in [2.05, 4.69) is 5.32 Å². The molecule has 2 rings (SSSR count). The van der Waals surface area contributed by atoms with Gasteiger partial charge in [-0.3, -0.25) is 0 Å². The fourth-order valence-electron chi connectivity index (χ4n) is 1.93. The van der Waals surface area contributed by atoms with Crippen molar-refractivity contribution < 1.29 is 14.3 Å². The van der Waals surface area contributed by atoms with E-state index in [4.69, 9.17) is 11.6 Å². The highest BCUT2D eigenvalue weighted by Crippen LogP contribution is 2.20. The lowest BCUT2D eigenvalue weighted by atomic mass is 10.1. The van der Waals surface area contributed by atoms with Gasteiger partial charge in [0, 0.05) is 18.1 Å². The lowest BCUT2D eigenvalue weighted by Crippen LogP contribution is -2.44. The minimum absolute atomic E-state index is 0.0487. The molecule has 1 unspecified atom stereocenters. The smallest absolute Gasteiger partial charge is 0.322 e. The zero-order chi connectivity index (χ0) is 13.1. The number of aliphatic hydroxyl groups is 1. The predicted octanol–water partition coefficient (Wildman–Crippen LogP) is 2.47. The number of nitrogens with zero attached hydrogens (tertiary/aromatic N) is 1. The first kappa shape index (κ1) is 13.1. The van der Waals surface area contributed by atoms with Gasteiger partial charge in [-0.2, -0.15) is 0 Å². The number of hydrogen-bond acceptors (Lipinski definition) is 2. The summed E-state index contributed by atoms with van der Waals surface area (Å²) < 4.78 is 13.4. The number of hydrogen-bond donors (Lipinski definition) is 2. The second-order valence-corrected chi connectivity index (χ2v) is 4.73. The minimum Gasteiger partial charge on any atom is -0.391 e. The number of halogens is 2. The molecule has 6 heteroatoms. The number of aliphatic hydroxyl groups excluding tert-OH is 1. The predicted molar refractivity (Wildman–Crippen MR) is 67.2 cm³/mol. The van der Waals surface area contributed by atoms with Crippen LogP contribution in [0.5, 0.6) is 0 Å². The van der Waals surface area contributed by atoms with E-state index in [1.165, 1.54) is 23.1 Å². The molecule has 4 nitrogen and oxygen atoms in total. The van der Waals surface area contributed by atoms with Crippen molar-refractivity contribution >= 4 is 23.3 Å². The molecule has 2 N–H and O–H groups in total. The highest BCUT2D eigenvalue weighted by Gasteiger charge is 2.22. The van der Waals surface area contributed by atoms with Crippen molar-refractivity contribution in [2.45, 2.75) is 18.9 Å². The molecule has 1 saturated heterocycles. The Morgan fingerprint density at radius 3 is 3.06 bits per heavy atom. The SMILES string of the molecule is O=C(Nc1cc(Cl)ccc1F)N1CCCC(O)C1. The summed E-state index contributed by atoms with van der Waals surface area (Å²) in [6, 6.07) is 3.55. The third-order valence-electron chi connectivity index (χ3n) is 2.85. The van der Waals surface area contributed by atoms with Crippen LogP contribution in [0.25, 0.3) is 0 Å². The maximum absolute atomic E-state index is 13.4. The molecule has 1 aliphatic heterocycles. The van der Waals surface area contributed by atoms with Crippen LogP contribution in [-0.4, -0.2) is 35.2 Å². The average Bonchev–Trinajstić information content (AvgIpc) is 2.34.